The Morgan fingerprint density at radius 3 is 2.55 bits per heavy atom. The zero-order valence-electron chi connectivity index (χ0n) is 11.7. The van der Waals surface area contributed by atoms with Crippen molar-refractivity contribution in [1.29, 1.82) is 0 Å². The summed E-state index contributed by atoms with van der Waals surface area (Å²) in [5.41, 5.74) is 1.96. The SMILES string of the molecule is COc1ccc(CNC(=O)c2sccc2C)cc1OC. The van der Waals surface area contributed by atoms with Crippen LogP contribution in [0.15, 0.2) is 29.6 Å². The van der Waals surface area contributed by atoms with Gasteiger partial charge >= 0.3 is 0 Å². The van der Waals surface area contributed by atoms with Crippen LogP contribution in [0, 0.1) is 6.92 Å². The van der Waals surface area contributed by atoms with E-state index >= 15 is 0 Å². The predicted molar refractivity (Wildman–Crippen MR) is 79.8 cm³/mol. The lowest BCUT2D eigenvalue weighted by atomic mass is 10.2. The number of hydrogen-bond donors (Lipinski definition) is 1. The molecule has 0 radical (unpaired) electrons. The van der Waals surface area contributed by atoms with E-state index in [1.165, 1.54) is 11.3 Å². The monoisotopic (exact) mass is 291 g/mol. The number of benzene rings is 1. The molecule has 1 aromatic carbocycles. The van der Waals surface area contributed by atoms with Crippen LogP contribution in [0.1, 0.15) is 20.8 Å². The molecule has 0 aliphatic carbocycles. The first-order valence-electron chi connectivity index (χ1n) is 6.19. The van der Waals surface area contributed by atoms with Crippen molar-refractivity contribution < 1.29 is 14.3 Å². The van der Waals surface area contributed by atoms with E-state index in [9.17, 15) is 4.79 Å². The number of carbonyl (C=O) groups excluding carboxylic acids is 1. The van der Waals surface area contributed by atoms with E-state index in [2.05, 4.69) is 5.32 Å². The Morgan fingerprint density at radius 1 is 1.20 bits per heavy atom. The van der Waals surface area contributed by atoms with Crippen LogP contribution in [0.3, 0.4) is 0 Å². The van der Waals surface area contributed by atoms with E-state index in [0.29, 0.717) is 18.0 Å². The summed E-state index contributed by atoms with van der Waals surface area (Å²) in [5, 5.41) is 4.82. The lowest BCUT2D eigenvalue weighted by Gasteiger charge is -2.10. The molecule has 2 aromatic rings. The first-order valence-corrected chi connectivity index (χ1v) is 7.07. The second-order valence-electron chi connectivity index (χ2n) is 4.30. The minimum absolute atomic E-state index is 0.0488. The fourth-order valence-corrected chi connectivity index (χ4v) is 2.70. The molecule has 5 heteroatoms. The lowest BCUT2D eigenvalue weighted by molar-refractivity contribution is 0.0954. The van der Waals surface area contributed by atoms with Crippen molar-refractivity contribution in [1.82, 2.24) is 5.32 Å². The van der Waals surface area contributed by atoms with E-state index in [1.807, 2.05) is 36.6 Å². The van der Waals surface area contributed by atoms with E-state index < -0.39 is 0 Å². The summed E-state index contributed by atoms with van der Waals surface area (Å²) in [7, 11) is 3.19. The van der Waals surface area contributed by atoms with Crippen molar-refractivity contribution in [3.05, 3.63) is 45.6 Å². The topological polar surface area (TPSA) is 47.6 Å². The van der Waals surface area contributed by atoms with E-state index in [-0.39, 0.29) is 5.91 Å². The number of nitrogens with one attached hydrogen (secondary N) is 1. The average molecular weight is 291 g/mol. The fourth-order valence-electron chi connectivity index (χ4n) is 1.86. The molecular formula is C15H17NO3S. The van der Waals surface area contributed by atoms with Gasteiger partial charge in [0.15, 0.2) is 11.5 Å². The maximum atomic E-state index is 12.0. The van der Waals surface area contributed by atoms with Crippen LogP contribution >= 0.6 is 11.3 Å². The van der Waals surface area contributed by atoms with Gasteiger partial charge in [0.05, 0.1) is 19.1 Å². The average Bonchev–Trinajstić information content (AvgIpc) is 2.90. The van der Waals surface area contributed by atoms with Gasteiger partial charge in [-0.15, -0.1) is 11.3 Å². The number of amides is 1. The third kappa shape index (κ3) is 3.11. The first-order chi connectivity index (χ1) is 9.65. The highest BCUT2D eigenvalue weighted by atomic mass is 32.1. The number of thiophene rings is 1. The largest absolute Gasteiger partial charge is 0.493 e. The maximum absolute atomic E-state index is 12.0. The third-order valence-electron chi connectivity index (χ3n) is 2.97. The molecule has 0 spiro atoms. The molecule has 0 saturated heterocycles. The molecule has 0 fully saturated rings. The zero-order chi connectivity index (χ0) is 14.5. The van der Waals surface area contributed by atoms with Crippen molar-refractivity contribution in [2.75, 3.05) is 14.2 Å². The van der Waals surface area contributed by atoms with Crippen LogP contribution < -0.4 is 14.8 Å². The summed E-state index contributed by atoms with van der Waals surface area (Å²) in [6.07, 6.45) is 0. The molecule has 1 amide bonds. The molecule has 20 heavy (non-hydrogen) atoms. The molecule has 106 valence electrons. The minimum atomic E-state index is -0.0488. The molecule has 0 bridgehead atoms. The van der Waals surface area contributed by atoms with Gasteiger partial charge in [-0.3, -0.25) is 4.79 Å². The van der Waals surface area contributed by atoms with Crippen LogP contribution in [-0.2, 0) is 6.54 Å². The van der Waals surface area contributed by atoms with Gasteiger partial charge in [-0.05, 0) is 41.6 Å². The second kappa shape index (κ2) is 6.43. The molecular weight excluding hydrogens is 274 g/mol. The number of aryl methyl sites for hydroxylation is 1. The number of carbonyl (C=O) groups is 1. The second-order valence-corrected chi connectivity index (χ2v) is 5.22. The van der Waals surface area contributed by atoms with Gasteiger partial charge in [0, 0.05) is 6.54 Å². The van der Waals surface area contributed by atoms with Crippen molar-refractivity contribution in [3.8, 4) is 11.5 Å². The van der Waals surface area contributed by atoms with Gasteiger partial charge in [-0.2, -0.15) is 0 Å². The summed E-state index contributed by atoms with van der Waals surface area (Å²) in [4.78, 5) is 12.8. The van der Waals surface area contributed by atoms with Crippen molar-refractivity contribution in [2.24, 2.45) is 0 Å². The van der Waals surface area contributed by atoms with E-state index in [0.717, 1.165) is 16.0 Å². The molecule has 0 aliphatic heterocycles. The van der Waals surface area contributed by atoms with Crippen molar-refractivity contribution in [2.45, 2.75) is 13.5 Å². The summed E-state index contributed by atoms with van der Waals surface area (Å²) in [6, 6.07) is 7.54. The van der Waals surface area contributed by atoms with Crippen LogP contribution in [0.2, 0.25) is 0 Å². The van der Waals surface area contributed by atoms with Crippen LogP contribution in [0.5, 0.6) is 11.5 Å². The molecule has 1 aromatic heterocycles. The van der Waals surface area contributed by atoms with Crippen LogP contribution in [0.25, 0.3) is 0 Å². The Labute approximate surface area is 122 Å². The highest BCUT2D eigenvalue weighted by Crippen LogP contribution is 2.27. The smallest absolute Gasteiger partial charge is 0.261 e. The van der Waals surface area contributed by atoms with Gasteiger partial charge in [0.2, 0.25) is 0 Å². The van der Waals surface area contributed by atoms with Crippen LogP contribution in [0.4, 0.5) is 0 Å². The summed E-state index contributed by atoms with van der Waals surface area (Å²) >= 11 is 1.45. The quantitative estimate of drug-likeness (QED) is 0.921. The third-order valence-corrected chi connectivity index (χ3v) is 3.98. The van der Waals surface area contributed by atoms with Gasteiger partial charge in [-0.1, -0.05) is 6.07 Å². The first kappa shape index (κ1) is 14.4. The Kier molecular flexibility index (Phi) is 4.63. The number of methoxy groups -OCH3 is 2. The Hall–Kier alpha value is -2.01. The van der Waals surface area contributed by atoms with E-state index in [4.69, 9.17) is 9.47 Å². The highest BCUT2D eigenvalue weighted by Gasteiger charge is 2.10. The van der Waals surface area contributed by atoms with Gasteiger partial charge in [-0.25, -0.2) is 0 Å². The molecule has 0 unspecified atom stereocenters. The number of ether oxygens (including phenoxy) is 2. The normalized spacial score (nSPS) is 10.2. The van der Waals surface area contributed by atoms with Gasteiger partial charge in [0.25, 0.3) is 5.91 Å². The fraction of sp³-hybridized carbons (Fsp3) is 0.267. The number of hydrogen-bond acceptors (Lipinski definition) is 4. The molecule has 0 atom stereocenters. The summed E-state index contributed by atoms with van der Waals surface area (Å²) in [6.45, 7) is 2.39. The standard InChI is InChI=1S/C15H17NO3S/c1-10-6-7-20-14(10)15(17)16-9-11-4-5-12(18-2)13(8-11)19-3/h4-8H,9H2,1-3H3,(H,16,17). The highest BCUT2D eigenvalue weighted by molar-refractivity contribution is 7.12. The molecule has 1 N–H and O–H groups in total. The van der Waals surface area contributed by atoms with Gasteiger partial charge < -0.3 is 14.8 Å². The maximum Gasteiger partial charge on any atom is 0.261 e. The van der Waals surface area contributed by atoms with Crippen molar-refractivity contribution >= 4 is 17.2 Å². The summed E-state index contributed by atoms with van der Waals surface area (Å²) < 4.78 is 10.4. The van der Waals surface area contributed by atoms with Crippen LogP contribution in [-0.4, -0.2) is 20.1 Å². The molecule has 2 rings (SSSR count). The summed E-state index contributed by atoms with van der Waals surface area (Å²) in [5.74, 6) is 1.29. The zero-order valence-corrected chi connectivity index (χ0v) is 12.5. The predicted octanol–water partition coefficient (Wildman–Crippen LogP) is 3.00. The molecule has 1 heterocycles. The minimum Gasteiger partial charge on any atom is -0.493 e. The lowest BCUT2D eigenvalue weighted by Crippen LogP contribution is -2.22. The Bertz CT molecular complexity index is 607. The molecule has 0 aliphatic rings. The Balaban J connectivity index is 2.04. The molecule has 4 nitrogen and oxygen atoms in total. The van der Waals surface area contributed by atoms with Crippen molar-refractivity contribution in [3.63, 3.8) is 0 Å². The molecule has 0 saturated carbocycles. The van der Waals surface area contributed by atoms with Gasteiger partial charge in [0.1, 0.15) is 0 Å². The van der Waals surface area contributed by atoms with E-state index in [1.54, 1.807) is 14.2 Å². The number of rotatable bonds is 5. The Morgan fingerprint density at radius 2 is 1.95 bits per heavy atom.